The molecule has 0 aliphatic carbocycles. The molecule has 0 aliphatic rings. The van der Waals surface area contributed by atoms with Crippen molar-refractivity contribution < 1.29 is 0 Å². The predicted octanol–water partition coefficient (Wildman–Crippen LogP) is -1.11. The molecule has 0 fully saturated rings. The van der Waals surface area contributed by atoms with Gasteiger partial charge in [-0.15, -0.1) is 0 Å². The Morgan fingerprint density at radius 3 is 2.18 bits per heavy atom. The van der Waals surface area contributed by atoms with Crippen LogP contribution in [0.25, 0.3) is 0 Å². The van der Waals surface area contributed by atoms with Crippen LogP contribution in [-0.4, -0.2) is 51.8 Å². The number of rotatable bonds is 5. The van der Waals surface area contributed by atoms with Gasteiger partial charge >= 0.3 is 0 Å². The molecule has 0 saturated heterocycles. The molecule has 0 amide bonds. The molecule has 0 radical (unpaired) electrons. The average molecular weight is 207 g/mol. The number of hydrogen-bond acceptors (Lipinski definition) is 2. The van der Waals surface area contributed by atoms with Crippen molar-refractivity contribution in [1.82, 2.24) is 8.46 Å². The van der Waals surface area contributed by atoms with E-state index in [0.29, 0.717) is 0 Å². The van der Waals surface area contributed by atoms with Crippen LogP contribution in [0.3, 0.4) is 0 Å². The highest BCUT2D eigenvalue weighted by atomic mass is 28.4. The molecule has 5 heteroatoms. The number of nitrogens with zero attached hydrogens (tertiary/aromatic N) is 2. The Kier molecular flexibility index (Phi) is 6.45. The SMILES string of the molecule is CC[SiH2]N([SiH3])[SiH](CC)N(C)C. The Labute approximate surface area is 78.1 Å². The van der Waals surface area contributed by atoms with Crippen LogP contribution >= 0.6 is 0 Å². The molecule has 1 atom stereocenters. The first-order chi connectivity index (χ1) is 5.13. The molecule has 0 spiro atoms. The molecule has 0 saturated carbocycles. The van der Waals surface area contributed by atoms with E-state index >= 15 is 0 Å². The lowest BCUT2D eigenvalue weighted by Gasteiger charge is -2.31. The van der Waals surface area contributed by atoms with Crippen LogP contribution in [0.1, 0.15) is 13.8 Å². The van der Waals surface area contributed by atoms with Crippen LogP contribution in [-0.2, 0) is 0 Å². The zero-order chi connectivity index (χ0) is 8.85. The first kappa shape index (κ1) is 11.6. The van der Waals surface area contributed by atoms with Gasteiger partial charge in [-0.05, 0) is 20.1 Å². The third kappa shape index (κ3) is 4.22. The van der Waals surface area contributed by atoms with Crippen LogP contribution < -0.4 is 0 Å². The van der Waals surface area contributed by atoms with Gasteiger partial charge in [0.15, 0.2) is 9.12 Å². The summed E-state index contributed by atoms with van der Waals surface area (Å²) in [5.41, 5.74) is 0. The summed E-state index contributed by atoms with van der Waals surface area (Å²) < 4.78 is 5.30. The first-order valence-electron chi connectivity index (χ1n) is 4.50. The van der Waals surface area contributed by atoms with E-state index in [1.54, 1.807) is 0 Å². The van der Waals surface area contributed by atoms with Crippen molar-refractivity contribution in [2.45, 2.75) is 25.9 Å². The quantitative estimate of drug-likeness (QED) is 0.527. The van der Waals surface area contributed by atoms with Crippen molar-refractivity contribution in [2.24, 2.45) is 0 Å². The van der Waals surface area contributed by atoms with Gasteiger partial charge in [-0.1, -0.05) is 19.9 Å². The molecule has 2 nitrogen and oxygen atoms in total. The number of hydrogen-bond donors (Lipinski definition) is 0. The predicted molar refractivity (Wildman–Crippen MR) is 62.1 cm³/mol. The second-order valence-electron chi connectivity index (χ2n) is 3.33. The fourth-order valence-corrected chi connectivity index (χ4v) is 12.0. The van der Waals surface area contributed by atoms with Crippen LogP contribution in [0, 0.1) is 0 Å². The molecule has 68 valence electrons. The average Bonchev–Trinajstić information content (AvgIpc) is 1.88. The minimum Gasteiger partial charge on any atom is -0.371 e. The molecule has 0 aromatic heterocycles. The van der Waals surface area contributed by atoms with Gasteiger partial charge in [-0.2, -0.15) is 0 Å². The van der Waals surface area contributed by atoms with Crippen LogP contribution in [0.5, 0.6) is 0 Å². The van der Waals surface area contributed by atoms with Crippen molar-refractivity contribution >= 4 is 29.2 Å². The zero-order valence-corrected chi connectivity index (χ0v) is 13.2. The molecule has 11 heavy (non-hydrogen) atoms. The molecule has 0 heterocycles. The lowest BCUT2D eigenvalue weighted by Crippen LogP contribution is -2.49. The van der Waals surface area contributed by atoms with E-state index in [4.69, 9.17) is 0 Å². The van der Waals surface area contributed by atoms with Crippen molar-refractivity contribution in [3.8, 4) is 0 Å². The third-order valence-electron chi connectivity index (χ3n) is 2.05. The molecule has 0 rings (SSSR count). The topological polar surface area (TPSA) is 6.48 Å². The third-order valence-corrected chi connectivity index (χ3v) is 11.3. The van der Waals surface area contributed by atoms with Crippen LogP contribution in [0.2, 0.25) is 12.1 Å². The largest absolute Gasteiger partial charge is 0.371 e. The zero-order valence-electron chi connectivity index (χ0n) is 8.59. The van der Waals surface area contributed by atoms with E-state index in [9.17, 15) is 0 Å². The molecular weight excluding hydrogens is 184 g/mol. The van der Waals surface area contributed by atoms with E-state index in [2.05, 4.69) is 36.4 Å². The van der Waals surface area contributed by atoms with Crippen LogP contribution in [0.15, 0.2) is 0 Å². The highest BCUT2D eigenvalue weighted by Crippen LogP contribution is 1.99. The van der Waals surface area contributed by atoms with E-state index < -0.39 is 9.12 Å². The lowest BCUT2D eigenvalue weighted by molar-refractivity contribution is 0.605. The molecule has 0 bridgehead atoms. The summed E-state index contributed by atoms with van der Waals surface area (Å²) >= 11 is 0. The maximum Gasteiger partial charge on any atom is 0.175 e. The van der Waals surface area contributed by atoms with E-state index in [1.165, 1.54) is 22.5 Å². The Bertz CT molecular complexity index is 99.8. The van der Waals surface area contributed by atoms with E-state index in [1.807, 2.05) is 0 Å². The maximum atomic E-state index is 2.82. The molecule has 0 aliphatic heterocycles. The summed E-state index contributed by atoms with van der Waals surface area (Å²) in [5, 5.41) is 0. The first-order valence-corrected chi connectivity index (χ1v) is 8.87. The smallest absolute Gasteiger partial charge is 0.175 e. The summed E-state index contributed by atoms with van der Waals surface area (Å²) in [6.07, 6.45) is 0. The minimum atomic E-state index is -0.608. The van der Waals surface area contributed by atoms with Gasteiger partial charge in [0.25, 0.3) is 0 Å². The van der Waals surface area contributed by atoms with E-state index in [0.717, 1.165) is 0 Å². The Hall–Kier alpha value is 0.571. The van der Waals surface area contributed by atoms with Gasteiger partial charge in [0, 0.05) is 0 Å². The van der Waals surface area contributed by atoms with Gasteiger partial charge < -0.3 is 8.46 Å². The fourth-order valence-electron chi connectivity index (χ4n) is 1.57. The van der Waals surface area contributed by atoms with Crippen molar-refractivity contribution in [1.29, 1.82) is 0 Å². The van der Waals surface area contributed by atoms with E-state index in [-0.39, 0.29) is 9.68 Å². The highest BCUT2D eigenvalue weighted by molar-refractivity contribution is 6.69. The lowest BCUT2D eigenvalue weighted by atomic mass is 11.0. The Balaban J connectivity index is 3.81. The fraction of sp³-hybridized carbons (Fsp3) is 1.00. The molecule has 0 N–H and O–H groups in total. The monoisotopic (exact) mass is 206 g/mol. The van der Waals surface area contributed by atoms with Gasteiger partial charge in [-0.3, -0.25) is 0 Å². The second kappa shape index (κ2) is 6.13. The standard InChI is InChI=1S/C6H22N2Si3/c1-5-10-8(9)11(6-2)7(3)4/h11H,5-6,10H2,1-4,9H3. The maximum absolute atomic E-state index is 2.82. The summed E-state index contributed by atoms with van der Waals surface area (Å²) in [4.78, 5) is 0. The van der Waals surface area contributed by atoms with Crippen molar-refractivity contribution in [3.63, 3.8) is 0 Å². The molecular formula is C6H22N2Si3. The highest BCUT2D eigenvalue weighted by Gasteiger charge is 2.15. The molecule has 1 unspecified atom stereocenters. The van der Waals surface area contributed by atoms with Gasteiger partial charge in [0.1, 0.15) is 0 Å². The van der Waals surface area contributed by atoms with Crippen molar-refractivity contribution in [3.05, 3.63) is 0 Å². The van der Waals surface area contributed by atoms with Crippen molar-refractivity contribution in [2.75, 3.05) is 14.1 Å². The van der Waals surface area contributed by atoms with Gasteiger partial charge in [0.2, 0.25) is 0 Å². The van der Waals surface area contributed by atoms with Gasteiger partial charge in [0.05, 0.1) is 20.1 Å². The second-order valence-corrected chi connectivity index (χ2v) is 13.6. The summed E-state index contributed by atoms with van der Waals surface area (Å²) in [6, 6.07) is 2.85. The van der Waals surface area contributed by atoms with Gasteiger partial charge in [-0.25, -0.2) is 0 Å². The Morgan fingerprint density at radius 1 is 1.36 bits per heavy atom. The minimum absolute atomic E-state index is 0.160. The van der Waals surface area contributed by atoms with Crippen LogP contribution in [0.4, 0.5) is 0 Å². The summed E-state index contributed by atoms with van der Waals surface area (Å²) in [7, 11) is 5.35. The normalized spacial score (nSPS) is 15.8. The Morgan fingerprint density at radius 2 is 1.91 bits per heavy atom. The summed E-state index contributed by atoms with van der Waals surface area (Å²) in [6.45, 7) is 4.67. The molecule has 0 aromatic carbocycles. The summed E-state index contributed by atoms with van der Waals surface area (Å²) in [5.74, 6) is 0. The molecule has 0 aromatic rings.